The minimum atomic E-state index is -0.124. The van der Waals surface area contributed by atoms with Crippen LogP contribution in [0.4, 0.5) is 0 Å². The van der Waals surface area contributed by atoms with E-state index in [0.29, 0.717) is 12.1 Å². The molecule has 0 aliphatic carbocycles. The standard InChI is InChI=1S/C17H17N2O3S.BrH/c1-12-17(7-8-20)23-11-19(12)10-15(21)16-9-14(18-22-16)13-5-3-2-4-6-13;/h2-6,9,11,20H,7-8,10H2,1H3;1H/q+1;/p-1. The lowest BCUT2D eigenvalue weighted by Crippen LogP contribution is -3.00. The van der Waals surface area contributed by atoms with Crippen LogP contribution in [-0.4, -0.2) is 22.7 Å². The van der Waals surface area contributed by atoms with Crippen molar-refractivity contribution in [1.29, 1.82) is 0 Å². The number of hydrogen-bond donors (Lipinski definition) is 1. The molecule has 7 heteroatoms. The van der Waals surface area contributed by atoms with E-state index >= 15 is 0 Å². The van der Waals surface area contributed by atoms with Gasteiger partial charge in [0.05, 0.1) is 4.88 Å². The minimum absolute atomic E-state index is 0. The highest BCUT2D eigenvalue weighted by molar-refractivity contribution is 7.09. The van der Waals surface area contributed by atoms with Gasteiger partial charge in [0.1, 0.15) is 5.69 Å². The van der Waals surface area contributed by atoms with Gasteiger partial charge in [-0.1, -0.05) is 46.8 Å². The molecule has 0 spiro atoms. The van der Waals surface area contributed by atoms with Crippen molar-refractivity contribution in [3.05, 3.63) is 58.2 Å². The van der Waals surface area contributed by atoms with Gasteiger partial charge < -0.3 is 26.6 Å². The van der Waals surface area contributed by atoms with Gasteiger partial charge in [0.25, 0.3) is 5.78 Å². The van der Waals surface area contributed by atoms with Crippen molar-refractivity contribution in [1.82, 2.24) is 5.16 Å². The van der Waals surface area contributed by atoms with E-state index in [1.54, 1.807) is 17.4 Å². The van der Waals surface area contributed by atoms with Crippen molar-refractivity contribution in [2.45, 2.75) is 19.9 Å². The summed E-state index contributed by atoms with van der Waals surface area (Å²) in [6, 6.07) is 11.3. The Bertz CT molecular complexity index is 814. The van der Waals surface area contributed by atoms with E-state index in [1.165, 1.54) is 0 Å². The van der Waals surface area contributed by atoms with Gasteiger partial charge in [-0.15, -0.1) is 0 Å². The van der Waals surface area contributed by atoms with Gasteiger partial charge >= 0.3 is 0 Å². The number of aliphatic hydroxyl groups is 1. The quantitative estimate of drug-likeness (QED) is 0.437. The first-order valence-corrected chi connectivity index (χ1v) is 8.19. The topological polar surface area (TPSA) is 67.2 Å². The van der Waals surface area contributed by atoms with Crippen molar-refractivity contribution in [2.24, 2.45) is 0 Å². The van der Waals surface area contributed by atoms with Crippen LogP contribution in [0.25, 0.3) is 11.3 Å². The molecule has 0 saturated heterocycles. The van der Waals surface area contributed by atoms with E-state index in [9.17, 15) is 4.79 Å². The van der Waals surface area contributed by atoms with Gasteiger partial charge in [-0.05, 0) is 0 Å². The molecule has 3 rings (SSSR count). The fourth-order valence-corrected chi connectivity index (χ4v) is 3.32. The van der Waals surface area contributed by atoms with E-state index in [1.807, 2.05) is 47.3 Å². The smallest absolute Gasteiger partial charge is 0.265 e. The molecule has 0 bridgehead atoms. The first-order valence-electron chi connectivity index (χ1n) is 7.31. The summed E-state index contributed by atoms with van der Waals surface area (Å²) in [4.78, 5) is 13.5. The zero-order valence-electron chi connectivity index (χ0n) is 13.1. The Kier molecular flexibility index (Phi) is 6.42. The van der Waals surface area contributed by atoms with Gasteiger partial charge in [-0.3, -0.25) is 4.79 Å². The molecule has 0 radical (unpaired) electrons. The molecule has 0 aliphatic heterocycles. The van der Waals surface area contributed by atoms with Crippen molar-refractivity contribution in [3.63, 3.8) is 0 Å². The Balaban J connectivity index is 0.00000208. The summed E-state index contributed by atoms with van der Waals surface area (Å²) in [6.07, 6.45) is 0.609. The zero-order chi connectivity index (χ0) is 16.2. The van der Waals surface area contributed by atoms with E-state index in [2.05, 4.69) is 5.16 Å². The van der Waals surface area contributed by atoms with Gasteiger partial charge in [-0.25, -0.2) is 0 Å². The monoisotopic (exact) mass is 408 g/mol. The molecule has 24 heavy (non-hydrogen) atoms. The predicted molar refractivity (Wildman–Crippen MR) is 86.3 cm³/mol. The molecule has 3 aromatic rings. The summed E-state index contributed by atoms with van der Waals surface area (Å²) < 4.78 is 7.08. The summed E-state index contributed by atoms with van der Waals surface area (Å²) in [7, 11) is 0. The average molecular weight is 409 g/mol. The van der Waals surface area contributed by atoms with Crippen LogP contribution in [0.1, 0.15) is 21.1 Å². The van der Waals surface area contributed by atoms with E-state index in [4.69, 9.17) is 9.63 Å². The molecule has 0 fully saturated rings. The largest absolute Gasteiger partial charge is 1.00 e. The number of nitrogens with zero attached hydrogens (tertiary/aromatic N) is 2. The Morgan fingerprint density at radius 2 is 2.08 bits per heavy atom. The Morgan fingerprint density at radius 3 is 2.79 bits per heavy atom. The predicted octanol–water partition coefficient (Wildman–Crippen LogP) is -0.579. The third-order valence-corrected chi connectivity index (χ3v) is 4.81. The Hall–Kier alpha value is -1.83. The summed E-state index contributed by atoms with van der Waals surface area (Å²) in [6.45, 7) is 2.26. The number of carbonyl (C=O) groups is 1. The molecule has 126 valence electrons. The van der Waals surface area contributed by atoms with Crippen LogP contribution in [0.5, 0.6) is 0 Å². The molecule has 1 aromatic carbocycles. The highest BCUT2D eigenvalue weighted by Crippen LogP contribution is 2.19. The molecule has 0 atom stereocenters. The maximum atomic E-state index is 12.4. The number of Topliss-reactive ketones (excluding diaryl/α,β-unsaturated/α-hetero) is 1. The molecule has 1 N–H and O–H groups in total. The molecule has 2 aromatic heterocycles. The van der Waals surface area contributed by atoms with E-state index in [0.717, 1.165) is 16.1 Å². The van der Waals surface area contributed by atoms with Crippen molar-refractivity contribution in [3.8, 4) is 11.3 Å². The lowest BCUT2D eigenvalue weighted by atomic mass is 10.1. The number of thiazole rings is 1. The number of hydrogen-bond acceptors (Lipinski definition) is 5. The number of carbonyl (C=O) groups excluding carboxylic acids is 1. The molecule has 0 unspecified atom stereocenters. The zero-order valence-corrected chi connectivity index (χ0v) is 15.5. The fraction of sp³-hybridized carbons (Fsp3) is 0.235. The van der Waals surface area contributed by atoms with E-state index in [-0.39, 0.29) is 41.7 Å². The molecule has 0 amide bonds. The van der Waals surface area contributed by atoms with Crippen LogP contribution >= 0.6 is 11.3 Å². The fourth-order valence-electron chi connectivity index (χ4n) is 2.33. The SMILES string of the molecule is Cc1c(CCO)sc[n+]1CC(=O)c1cc(-c2ccccc2)no1.[Br-]. The van der Waals surface area contributed by atoms with Gasteiger partial charge in [-0.2, -0.15) is 4.57 Å². The third-order valence-electron chi connectivity index (χ3n) is 3.66. The van der Waals surface area contributed by atoms with Gasteiger partial charge in [0.15, 0.2) is 5.69 Å². The van der Waals surface area contributed by atoms with Crippen LogP contribution in [0.15, 0.2) is 46.4 Å². The van der Waals surface area contributed by atoms with Crippen molar-refractivity contribution in [2.75, 3.05) is 6.61 Å². The summed E-state index contributed by atoms with van der Waals surface area (Å²) in [5, 5.41) is 13.0. The lowest BCUT2D eigenvalue weighted by molar-refractivity contribution is -0.684. The van der Waals surface area contributed by atoms with Crippen LogP contribution < -0.4 is 21.5 Å². The number of aromatic nitrogens is 2. The highest BCUT2D eigenvalue weighted by Gasteiger charge is 2.22. The molecule has 0 aliphatic rings. The van der Waals surface area contributed by atoms with E-state index < -0.39 is 0 Å². The normalized spacial score (nSPS) is 10.4. The maximum absolute atomic E-state index is 12.4. The average Bonchev–Trinajstić information content (AvgIpc) is 3.19. The summed E-state index contributed by atoms with van der Waals surface area (Å²) in [5.41, 5.74) is 4.47. The summed E-state index contributed by atoms with van der Waals surface area (Å²) >= 11 is 1.54. The van der Waals surface area contributed by atoms with Gasteiger partial charge in [0, 0.05) is 31.6 Å². The second-order valence-electron chi connectivity index (χ2n) is 5.20. The van der Waals surface area contributed by atoms with Gasteiger partial charge in [0.2, 0.25) is 17.8 Å². The number of halogens is 1. The molecule has 0 saturated carbocycles. The van der Waals surface area contributed by atoms with Crippen molar-refractivity contribution < 1.29 is 36.0 Å². The molecular weight excluding hydrogens is 392 g/mol. The second-order valence-corrected chi connectivity index (χ2v) is 6.14. The molecular formula is C17H17BrN2O3S. The summed E-state index contributed by atoms with van der Waals surface area (Å²) in [5.74, 6) is 0.131. The van der Waals surface area contributed by atoms with Crippen LogP contribution in [0.3, 0.4) is 0 Å². The number of benzene rings is 1. The Morgan fingerprint density at radius 1 is 1.33 bits per heavy atom. The van der Waals surface area contributed by atoms with Crippen LogP contribution in [0.2, 0.25) is 0 Å². The maximum Gasteiger partial charge on any atom is 0.265 e. The Labute approximate surface area is 154 Å². The minimum Gasteiger partial charge on any atom is -1.00 e. The first kappa shape index (κ1) is 18.5. The molecule has 2 heterocycles. The number of rotatable bonds is 6. The number of aliphatic hydroxyl groups excluding tert-OH is 1. The third kappa shape index (κ3) is 3.98. The lowest BCUT2D eigenvalue weighted by Gasteiger charge is -1.94. The van der Waals surface area contributed by atoms with Crippen LogP contribution in [0, 0.1) is 6.92 Å². The molecule has 5 nitrogen and oxygen atoms in total. The highest BCUT2D eigenvalue weighted by atomic mass is 79.9. The first-order chi connectivity index (χ1) is 11.2. The van der Waals surface area contributed by atoms with Crippen molar-refractivity contribution >= 4 is 17.1 Å². The van der Waals surface area contributed by atoms with Crippen LogP contribution in [-0.2, 0) is 13.0 Å². The number of ketones is 1. The second kappa shape index (κ2) is 8.32.